The van der Waals surface area contributed by atoms with Crippen molar-refractivity contribution in [2.24, 2.45) is 5.41 Å². The first-order valence-corrected chi connectivity index (χ1v) is 10.5. The van der Waals surface area contributed by atoms with Crippen LogP contribution in [0, 0.1) is 5.41 Å². The number of pyridine rings is 1. The van der Waals surface area contributed by atoms with Crippen molar-refractivity contribution < 1.29 is 9.53 Å². The van der Waals surface area contributed by atoms with Gasteiger partial charge in [0.1, 0.15) is 0 Å². The summed E-state index contributed by atoms with van der Waals surface area (Å²) in [6.45, 7) is 5.33. The number of likely N-dealkylation sites (tertiary alicyclic amines) is 1. The van der Waals surface area contributed by atoms with Crippen molar-refractivity contribution in [3.63, 3.8) is 0 Å². The largest absolute Gasteiger partial charge is 0.379 e. The van der Waals surface area contributed by atoms with E-state index < -0.39 is 0 Å². The Balaban J connectivity index is 1.37. The van der Waals surface area contributed by atoms with Crippen LogP contribution in [0.4, 0.5) is 0 Å². The zero-order chi connectivity index (χ0) is 20.4. The lowest BCUT2D eigenvalue weighted by Crippen LogP contribution is -2.52. The molecule has 1 atom stereocenters. The van der Waals surface area contributed by atoms with Gasteiger partial charge in [-0.05, 0) is 25.0 Å². The number of hydrogen-bond donors (Lipinski definition) is 1. The van der Waals surface area contributed by atoms with E-state index >= 15 is 0 Å². The average Bonchev–Trinajstić information content (AvgIpc) is 3.21. The summed E-state index contributed by atoms with van der Waals surface area (Å²) >= 11 is 0. The lowest BCUT2D eigenvalue weighted by Gasteiger charge is -2.43. The van der Waals surface area contributed by atoms with E-state index in [1.54, 1.807) is 12.4 Å². The van der Waals surface area contributed by atoms with Crippen LogP contribution in [-0.2, 0) is 11.3 Å². The van der Waals surface area contributed by atoms with Gasteiger partial charge in [0, 0.05) is 49.7 Å². The number of H-pyrrole nitrogens is 1. The molecule has 0 saturated carbocycles. The second-order valence-electron chi connectivity index (χ2n) is 8.44. The minimum Gasteiger partial charge on any atom is -0.379 e. The fourth-order valence-corrected chi connectivity index (χ4v) is 4.82. The summed E-state index contributed by atoms with van der Waals surface area (Å²) < 4.78 is 6.01. The van der Waals surface area contributed by atoms with E-state index in [2.05, 4.69) is 25.3 Å². The van der Waals surface area contributed by atoms with Crippen LogP contribution in [0.3, 0.4) is 0 Å². The second kappa shape index (κ2) is 8.12. The summed E-state index contributed by atoms with van der Waals surface area (Å²) in [5, 5.41) is 11.8. The van der Waals surface area contributed by atoms with Gasteiger partial charge in [0.15, 0.2) is 0 Å². The molecule has 0 bridgehead atoms. The fraction of sp³-hybridized carbons (Fsp3) is 0.455. The van der Waals surface area contributed by atoms with Crippen LogP contribution < -0.4 is 0 Å². The molecule has 2 aliphatic rings. The van der Waals surface area contributed by atoms with Gasteiger partial charge in [-0.1, -0.05) is 18.2 Å². The molecule has 1 spiro atoms. The summed E-state index contributed by atoms with van der Waals surface area (Å²) in [6, 6.07) is 9.72. The molecule has 2 fully saturated rings. The van der Waals surface area contributed by atoms with Crippen molar-refractivity contribution in [1.29, 1.82) is 0 Å². The van der Waals surface area contributed by atoms with E-state index in [9.17, 15) is 4.79 Å². The highest BCUT2D eigenvalue weighted by atomic mass is 16.5. The van der Waals surface area contributed by atoms with Crippen LogP contribution >= 0.6 is 0 Å². The van der Waals surface area contributed by atoms with Crippen molar-refractivity contribution in [2.75, 3.05) is 39.4 Å². The smallest absolute Gasteiger partial charge is 0.256 e. The van der Waals surface area contributed by atoms with Crippen LogP contribution in [0.5, 0.6) is 0 Å². The van der Waals surface area contributed by atoms with Gasteiger partial charge in [0.05, 0.1) is 36.2 Å². The van der Waals surface area contributed by atoms with Crippen molar-refractivity contribution in [2.45, 2.75) is 19.4 Å². The topological polar surface area (TPSA) is 87.2 Å². The van der Waals surface area contributed by atoms with Crippen LogP contribution in [0.2, 0.25) is 0 Å². The molecular weight excluding hydrogens is 380 g/mol. The molecule has 3 aromatic rings. The molecule has 8 nitrogen and oxygen atoms in total. The number of aromatic amines is 1. The maximum Gasteiger partial charge on any atom is 0.256 e. The number of fused-ring (bicyclic) bond motifs is 1. The van der Waals surface area contributed by atoms with Gasteiger partial charge < -0.3 is 9.64 Å². The number of carbonyl (C=O) groups excluding carboxylic acids is 1. The number of carbonyl (C=O) groups is 1. The molecule has 2 aliphatic heterocycles. The normalized spacial score (nSPS) is 23.0. The Hall–Kier alpha value is -2.84. The SMILES string of the molecule is O=C(c1cccc2cccnc12)N1CCCC2(COCCN(Cc3cn[nH]n3)C2)C1. The molecular formula is C22H26N6O2. The van der Waals surface area contributed by atoms with Crippen molar-refractivity contribution >= 4 is 16.8 Å². The van der Waals surface area contributed by atoms with Gasteiger partial charge in [0.25, 0.3) is 5.91 Å². The fourth-order valence-electron chi connectivity index (χ4n) is 4.82. The quantitative estimate of drug-likeness (QED) is 0.717. The van der Waals surface area contributed by atoms with E-state index in [1.807, 2.05) is 35.2 Å². The van der Waals surface area contributed by atoms with E-state index in [0.717, 1.165) is 55.6 Å². The maximum atomic E-state index is 13.5. The van der Waals surface area contributed by atoms with Crippen LogP contribution in [0.15, 0.2) is 42.7 Å². The first-order valence-electron chi connectivity index (χ1n) is 10.5. The van der Waals surface area contributed by atoms with Gasteiger partial charge in [-0.2, -0.15) is 15.4 Å². The van der Waals surface area contributed by atoms with Crippen molar-refractivity contribution in [3.05, 3.63) is 54.0 Å². The first kappa shape index (κ1) is 19.1. The van der Waals surface area contributed by atoms with E-state index in [0.29, 0.717) is 25.3 Å². The maximum absolute atomic E-state index is 13.5. The number of rotatable bonds is 3. The molecule has 1 N–H and O–H groups in total. The average molecular weight is 406 g/mol. The minimum atomic E-state index is -0.0633. The number of piperidine rings is 1. The van der Waals surface area contributed by atoms with Gasteiger partial charge in [-0.25, -0.2) is 0 Å². The molecule has 0 radical (unpaired) electrons. The first-order chi connectivity index (χ1) is 14.7. The molecule has 1 aromatic carbocycles. The van der Waals surface area contributed by atoms with Crippen molar-refractivity contribution in [1.82, 2.24) is 30.2 Å². The number of nitrogens with zero attached hydrogens (tertiary/aromatic N) is 5. The highest BCUT2D eigenvalue weighted by Gasteiger charge is 2.40. The van der Waals surface area contributed by atoms with Gasteiger partial charge in [-0.15, -0.1) is 0 Å². The summed E-state index contributed by atoms with van der Waals surface area (Å²) in [5.41, 5.74) is 2.32. The molecule has 8 heteroatoms. The second-order valence-corrected chi connectivity index (χ2v) is 8.44. The third-order valence-corrected chi connectivity index (χ3v) is 6.18. The lowest BCUT2D eigenvalue weighted by molar-refractivity contribution is 0.00697. The molecule has 2 aromatic heterocycles. The minimum absolute atomic E-state index is 0.0608. The summed E-state index contributed by atoms with van der Waals surface area (Å²) in [5.74, 6) is 0.0608. The highest BCUT2D eigenvalue weighted by molar-refractivity contribution is 6.05. The van der Waals surface area contributed by atoms with Gasteiger partial charge in [0.2, 0.25) is 0 Å². The summed E-state index contributed by atoms with van der Waals surface area (Å²) in [6.07, 6.45) is 5.55. The predicted octanol–water partition coefficient (Wildman–Crippen LogP) is 2.11. The number of benzene rings is 1. The number of para-hydroxylation sites is 1. The van der Waals surface area contributed by atoms with Crippen molar-refractivity contribution in [3.8, 4) is 0 Å². The Morgan fingerprint density at radius 3 is 3.03 bits per heavy atom. The molecule has 156 valence electrons. The summed E-state index contributed by atoms with van der Waals surface area (Å²) in [4.78, 5) is 22.3. The van der Waals surface area contributed by atoms with Gasteiger partial charge in [-0.3, -0.25) is 14.7 Å². The Morgan fingerprint density at radius 2 is 2.13 bits per heavy atom. The molecule has 1 unspecified atom stereocenters. The third kappa shape index (κ3) is 3.80. The molecule has 30 heavy (non-hydrogen) atoms. The van der Waals surface area contributed by atoms with Crippen LogP contribution in [0.25, 0.3) is 10.9 Å². The highest BCUT2D eigenvalue weighted by Crippen LogP contribution is 2.34. The third-order valence-electron chi connectivity index (χ3n) is 6.18. The molecule has 5 rings (SSSR count). The summed E-state index contributed by atoms with van der Waals surface area (Å²) in [7, 11) is 0. The standard InChI is InChI=1S/C22H26N6O2/c29-21(19-6-1-4-17-5-2-8-23-20(17)19)28-9-3-7-22(15-28)14-27(10-11-30-16-22)13-18-12-24-26-25-18/h1-2,4-6,8,12H,3,7,9-11,13-16H2,(H,24,25,26). The number of nitrogens with one attached hydrogen (secondary N) is 1. The zero-order valence-corrected chi connectivity index (χ0v) is 17.0. The zero-order valence-electron chi connectivity index (χ0n) is 17.0. The molecule has 1 amide bonds. The number of ether oxygens (including phenoxy) is 1. The molecule has 2 saturated heterocycles. The number of amides is 1. The Kier molecular flexibility index (Phi) is 5.18. The molecule has 4 heterocycles. The predicted molar refractivity (Wildman–Crippen MR) is 112 cm³/mol. The Morgan fingerprint density at radius 1 is 1.20 bits per heavy atom. The van der Waals surface area contributed by atoms with Crippen LogP contribution in [0.1, 0.15) is 28.9 Å². The van der Waals surface area contributed by atoms with Gasteiger partial charge >= 0.3 is 0 Å². The number of aromatic nitrogens is 4. The number of hydrogen-bond acceptors (Lipinski definition) is 6. The van der Waals surface area contributed by atoms with E-state index in [4.69, 9.17) is 4.74 Å². The van der Waals surface area contributed by atoms with Crippen LogP contribution in [-0.4, -0.2) is 75.5 Å². The Bertz CT molecular complexity index is 1020. The Labute approximate surface area is 175 Å². The monoisotopic (exact) mass is 406 g/mol. The van der Waals surface area contributed by atoms with E-state index in [1.165, 1.54) is 0 Å². The molecule has 0 aliphatic carbocycles. The van der Waals surface area contributed by atoms with E-state index in [-0.39, 0.29) is 11.3 Å². The lowest BCUT2D eigenvalue weighted by atomic mass is 9.79.